The van der Waals surface area contributed by atoms with Crippen LogP contribution < -0.4 is 5.32 Å². The molecule has 10 heteroatoms. The van der Waals surface area contributed by atoms with Gasteiger partial charge in [0.05, 0.1) is 31.3 Å². The van der Waals surface area contributed by atoms with E-state index in [0.717, 1.165) is 11.8 Å². The van der Waals surface area contributed by atoms with Crippen molar-refractivity contribution in [1.82, 2.24) is 5.32 Å². The molecule has 0 bridgehead atoms. The van der Waals surface area contributed by atoms with Crippen LogP contribution in [0.25, 0.3) is 5.57 Å². The molecule has 1 amide bonds. The molecule has 1 aromatic heterocycles. The molecule has 0 aliphatic carbocycles. The Labute approximate surface area is 150 Å². The minimum atomic E-state index is -1.08. The van der Waals surface area contributed by atoms with Crippen molar-refractivity contribution in [1.29, 1.82) is 0 Å². The van der Waals surface area contributed by atoms with Crippen LogP contribution in [0, 0.1) is 0 Å². The smallest absolute Gasteiger partial charge is 0.480 e. The average molecular weight is 371 g/mol. The van der Waals surface area contributed by atoms with Crippen LogP contribution in [0.3, 0.4) is 0 Å². The second-order valence-corrected chi connectivity index (χ2v) is 5.99. The van der Waals surface area contributed by atoms with E-state index in [4.69, 9.17) is 24.4 Å². The van der Waals surface area contributed by atoms with E-state index in [1.807, 2.05) is 17.5 Å². The summed E-state index contributed by atoms with van der Waals surface area (Å²) in [6, 6.07) is 3.69. The largest absolute Gasteiger partial charge is 0.481 e. The zero-order valence-corrected chi connectivity index (χ0v) is 14.7. The summed E-state index contributed by atoms with van der Waals surface area (Å²) in [6.45, 7) is 1.94. The SMILES string of the molecule is CC(=O)O.O=C(NC1COCCOB1O)/C(=C\CCO)c1cccs1. The van der Waals surface area contributed by atoms with E-state index < -0.39 is 19.0 Å². The number of rotatable bonds is 5. The molecule has 1 unspecified atom stereocenters. The number of carboxylic acid groups (broad SMARTS) is 1. The molecule has 1 atom stereocenters. The maximum atomic E-state index is 12.4. The first-order valence-electron chi connectivity index (χ1n) is 7.68. The third kappa shape index (κ3) is 8.28. The Balaban J connectivity index is 0.000000705. The molecule has 8 nitrogen and oxygen atoms in total. The van der Waals surface area contributed by atoms with Gasteiger partial charge in [-0.25, -0.2) is 0 Å². The average Bonchev–Trinajstić information content (AvgIpc) is 2.99. The summed E-state index contributed by atoms with van der Waals surface area (Å²) in [4.78, 5) is 22.2. The van der Waals surface area contributed by atoms with Gasteiger partial charge in [0.2, 0.25) is 0 Å². The van der Waals surface area contributed by atoms with Crippen molar-refractivity contribution in [2.24, 2.45) is 0 Å². The Kier molecular flexibility index (Phi) is 10.0. The zero-order valence-electron chi connectivity index (χ0n) is 13.9. The van der Waals surface area contributed by atoms with Crippen molar-refractivity contribution in [3.63, 3.8) is 0 Å². The van der Waals surface area contributed by atoms with Crippen LogP contribution in [0.4, 0.5) is 0 Å². The molecule has 0 radical (unpaired) electrons. The fourth-order valence-corrected chi connectivity index (χ4v) is 2.71. The number of aliphatic hydroxyl groups excluding tert-OH is 1. The van der Waals surface area contributed by atoms with Gasteiger partial charge in [-0.2, -0.15) is 0 Å². The van der Waals surface area contributed by atoms with Crippen LogP contribution in [-0.4, -0.2) is 66.6 Å². The number of nitrogens with one attached hydrogen (secondary N) is 1. The third-order valence-corrected chi connectivity index (χ3v) is 3.89. The molecule has 0 aromatic carbocycles. The van der Waals surface area contributed by atoms with E-state index in [1.165, 1.54) is 11.3 Å². The Bertz CT molecular complexity index is 560. The van der Waals surface area contributed by atoms with Gasteiger partial charge in [-0.1, -0.05) is 12.1 Å². The minimum Gasteiger partial charge on any atom is -0.481 e. The Morgan fingerprint density at radius 2 is 2.20 bits per heavy atom. The van der Waals surface area contributed by atoms with Gasteiger partial charge in [0.1, 0.15) is 0 Å². The fraction of sp³-hybridized carbons (Fsp3) is 0.467. The van der Waals surface area contributed by atoms with Gasteiger partial charge in [0.25, 0.3) is 11.9 Å². The number of amides is 1. The molecule has 2 heterocycles. The summed E-state index contributed by atoms with van der Waals surface area (Å²) >= 11 is 1.44. The van der Waals surface area contributed by atoms with Crippen LogP contribution in [0.5, 0.6) is 0 Å². The predicted molar refractivity (Wildman–Crippen MR) is 94.0 cm³/mol. The normalized spacial score (nSPS) is 18.0. The van der Waals surface area contributed by atoms with Crippen molar-refractivity contribution in [3.8, 4) is 0 Å². The van der Waals surface area contributed by atoms with E-state index in [-0.39, 0.29) is 19.1 Å². The van der Waals surface area contributed by atoms with Crippen molar-refractivity contribution in [2.45, 2.75) is 19.3 Å². The predicted octanol–water partition coefficient (Wildman–Crippen LogP) is 0.156. The highest BCUT2D eigenvalue weighted by Gasteiger charge is 2.31. The van der Waals surface area contributed by atoms with E-state index >= 15 is 0 Å². The van der Waals surface area contributed by atoms with Crippen molar-refractivity contribution < 1.29 is 34.2 Å². The second kappa shape index (κ2) is 11.8. The van der Waals surface area contributed by atoms with Crippen LogP contribution in [0.2, 0.25) is 0 Å². The maximum absolute atomic E-state index is 12.4. The standard InChI is InChI=1S/C13H18BNO5S.C2H4O2/c16-5-1-3-10(11-4-2-8-21-11)13(17)15-12-9-19-6-7-20-14(12)18;1-2(3)4/h2-4,8,12,16,18H,1,5-7,9H2,(H,15,17);1H3,(H,3,4)/b10-3-;. The van der Waals surface area contributed by atoms with Gasteiger partial charge in [-0.05, 0) is 17.9 Å². The quantitative estimate of drug-likeness (QED) is 0.429. The van der Waals surface area contributed by atoms with Gasteiger partial charge in [-0.15, -0.1) is 11.3 Å². The molecule has 1 aliphatic rings. The molecule has 0 spiro atoms. The van der Waals surface area contributed by atoms with E-state index in [9.17, 15) is 9.82 Å². The lowest BCUT2D eigenvalue weighted by atomic mass is 9.79. The lowest BCUT2D eigenvalue weighted by molar-refractivity contribution is -0.134. The van der Waals surface area contributed by atoms with Crippen LogP contribution in [0.15, 0.2) is 23.6 Å². The summed E-state index contributed by atoms with van der Waals surface area (Å²) < 4.78 is 10.4. The van der Waals surface area contributed by atoms with E-state index in [1.54, 1.807) is 6.08 Å². The highest BCUT2D eigenvalue weighted by atomic mass is 32.1. The number of hydrogen-bond donors (Lipinski definition) is 4. The summed E-state index contributed by atoms with van der Waals surface area (Å²) in [5, 5.41) is 30.8. The van der Waals surface area contributed by atoms with Crippen LogP contribution in [-0.2, 0) is 19.0 Å². The van der Waals surface area contributed by atoms with Gasteiger partial charge >= 0.3 is 7.12 Å². The Morgan fingerprint density at radius 1 is 1.48 bits per heavy atom. The van der Waals surface area contributed by atoms with Crippen molar-refractivity contribution >= 4 is 35.9 Å². The second-order valence-electron chi connectivity index (χ2n) is 5.04. The first kappa shape index (κ1) is 21.3. The third-order valence-electron chi connectivity index (χ3n) is 2.98. The highest BCUT2D eigenvalue weighted by molar-refractivity contribution is 7.11. The van der Waals surface area contributed by atoms with Gasteiger partial charge < -0.3 is 29.9 Å². The number of thiophene rings is 1. The molecule has 25 heavy (non-hydrogen) atoms. The molecular formula is C15H22BNO7S. The first-order chi connectivity index (χ1) is 12.0. The number of ether oxygens (including phenoxy) is 1. The van der Waals surface area contributed by atoms with Crippen molar-refractivity contribution in [2.75, 3.05) is 26.4 Å². The van der Waals surface area contributed by atoms with E-state index in [2.05, 4.69) is 5.32 Å². The van der Waals surface area contributed by atoms with Crippen LogP contribution >= 0.6 is 11.3 Å². The summed E-state index contributed by atoms with van der Waals surface area (Å²) in [5.74, 6) is -1.76. The Morgan fingerprint density at radius 3 is 2.80 bits per heavy atom. The van der Waals surface area contributed by atoms with Gasteiger partial charge in [0, 0.05) is 18.4 Å². The lowest BCUT2D eigenvalue weighted by Gasteiger charge is -2.18. The topological polar surface area (TPSA) is 125 Å². The maximum Gasteiger partial charge on any atom is 0.480 e. The highest BCUT2D eigenvalue weighted by Crippen LogP contribution is 2.21. The first-order valence-corrected chi connectivity index (χ1v) is 8.56. The number of carbonyl (C=O) groups is 2. The molecule has 1 saturated heterocycles. The Hall–Kier alpha value is -1.72. The summed E-state index contributed by atoms with van der Waals surface area (Å²) in [5.41, 5.74) is 0.482. The molecule has 0 saturated carbocycles. The van der Waals surface area contributed by atoms with Gasteiger partial charge in [-0.3, -0.25) is 9.59 Å². The molecular weight excluding hydrogens is 349 g/mol. The number of hydrogen-bond acceptors (Lipinski definition) is 7. The minimum absolute atomic E-state index is 0.0274. The molecule has 4 N–H and O–H groups in total. The molecule has 2 rings (SSSR count). The monoisotopic (exact) mass is 371 g/mol. The fourth-order valence-electron chi connectivity index (χ4n) is 1.94. The molecule has 138 valence electrons. The number of carboxylic acids is 1. The number of aliphatic carboxylic acids is 1. The number of carbonyl (C=O) groups excluding carboxylic acids is 1. The molecule has 1 aromatic rings. The molecule has 1 aliphatic heterocycles. The van der Waals surface area contributed by atoms with Crippen molar-refractivity contribution in [3.05, 3.63) is 28.5 Å². The lowest BCUT2D eigenvalue weighted by Crippen LogP contribution is -2.49. The summed E-state index contributed by atoms with van der Waals surface area (Å²) in [7, 11) is -1.08. The van der Waals surface area contributed by atoms with Gasteiger partial charge in [0.15, 0.2) is 0 Å². The number of aliphatic hydroxyl groups is 1. The zero-order chi connectivity index (χ0) is 18.7. The summed E-state index contributed by atoms with van der Waals surface area (Å²) in [6.07, 6.45) is 2.08. The van der Waals surface area contributed by atoms with E-state index in [0.29, 0.717) is 25.2 Å². The van der Waals surface area contributed by atoms with Crippen LogP contribution in [0.1, 0.15) is 18.2 Å². The molecule has 1 fully saturated rings.